The first-order chi connectivity index (χ1) is 17.3. The third-order valence-corrected chi connectivity index (χ3v) is 6.85. The second-order valence-corrected chi connectivity index (χ2v) is 9.30. The second-order valence-electron chi connectivity index (χ2n) is 9.30. The van der Waals surface area contributed by atoms with Gasteiger partial charge in [0, 0.05) is 69.8 Å². The molecule has 4 rings (SSSR count). The summed E-state index contributed by atoms with van der Waals surface area (Å²) < 4.78 is 5.02. The normalized spacial score (nSPS) is 21.6. The maximum absolute atomic E-state index is 12.7. The summed E-state index contributed by atoms with van der Waals surface area (Å²) in [5.74, 6) is -1.08. The predicted molar refractivity (Wildman–Crippen MR) is 129 cm³/mol. The molecule has 1 atom stereocenters. The molecule has 5 amide bonds. The molecular weight excluding hydrogens is 468 g/mol. The number of ether oxygens (including phenoxy) is 1. The van der Waals surface area contributed by atoms with Crippen molar-refractivity contribution in [2.75, 3.05) is 50.7 Å². The average molecular weight is 501 g/mol. The molecule has 1 aromatic rings. The Labute approximate surface area is 209 Å². The van der Waals surface area contributed by atoms with Crippen molar-refractivity contribution in [3.8, 4) is 0 Å². The van der Waals surface area contributed by atoms with E-state index in [2.05, 4.69) is 20.4 Å². The van der Waals surface area contributed by atoms with Gasteiger partial charge in [-0.3, -0.25) is 29.4 Å². The number of imide groups is 1. The molecule has 0 aliphatic carbocycles. The third-order valence-electron chi connectivity index (χ3n) is 6.85. The molecule has 0 bridgehead atoms. The number of benzene rings is 1. The molecule has 12 nitrogen and oxygen atoms in total. The summed E-state index contributed by atoms with van der Waals surface area (Å²) in [7, 11) is 0. The number of nitrogens with zero attached hydrogens (tertiary/aromatic N) is 3. The van der Waals surface area contributed by atoms with Crippen LogP contribution < -0.4 is 21.3 Å². The van der Waals surface area contributed by atoms with Gasteiger partial charge in [0.1, 0.15) is 12.1 Å². The van der Waals surface area contributed by atoms with Gasteiger partial charge in [-0.2, -0.15) is 0 Å². The van der Waals surface area contributed by atoms with E-state index >= 15 is 0 Å². The summed E-state index contributed by atoms with van der Waals surface area (Å²) in [5.41, 5.74) is 6.49. The van der Waals surface area contributed by atoms with Crippen LogP contribution in [0.5, 0.6) is 0 Å². The van der Waals surface area contributed by atoms with E-state index < -0.39 is 18.0 Å². The van der Waals surface area contributed by atoms with E-state index in [4.69, 9.17) is 10.5 Å². The Morgan fingerprint density at radius 2 is 1.64 bits per heavy atom. The van der Waals surface area contributed by atoms with Crippen LogP contribution in [-0.2, 0) is 19.1 Å². The van der Waals surface area contributed by atoms with Crippen molar-refractivity contribution in [2.24, 2.45) is 5.73 Å². The summed E-state index contributed by atoms with van der Waals surface area (Å²) in [4.78, 5) is 65.3. The minimum atomic E-state index is -0.775. The summed E-state index contributed by atoms with van der Waals surface area (Å²) in [6, 6.07) is 6.48. The van der Waals surface area contributed by atoms with Gasteiger partial charge in [-0.05, 0) is 30.7 Å². The molecule has 3 aliphatic rings. The fourth-order valence-corrected chi connectivity index (χ4v) is 4.74. The van der Waals surface area contributed by atoms with E-state index in [0.29, 0.717) is 44.5 Å². The van der Waals surface area contributed by atoms with Crippen LogP contribution in [0, 0.1) is 0 Å². The SMILES string of the molecule is NC(=O)OC1CCN(C(=O)CN2CCN(c3ccc(C(=O)NC4CCC(=O)NC4=O)cc3)CC2)CC1. The smallest absolute Gasteiger partial charge is 0.404 e. The Morgan fingerprint density at radius 3 is 2.25 bits per heavy atom. The number of amides is 5. The van der Waals surface area contributed by atoms with E-state index in [9.17, 15) is 24.0 Å². The number of primary amides is 1. The maximum Gasteiger partial charge on any atom is 0.404 e. The number of piperidine rings is 2. The first-order valence-corrected chi connectivity index (χ1v) is 12.2. The molecule has 0 saturated carbocycles. The highest BCUT2D eigenvalue weighted by molar-refractivity contribution is 6.03. The first-order valence-electron chi connectivity index (χ1n) is 12.2. The van der Waals surface area contributed by atoms with Gasteiger partial charge in [0.2, 0.25) is 17.7 Å². The monoisotopic (exact) mass is 500 g/mol. The fraction of sp³-hybridized carbons (Fsp3) is 0.542. The molecule has 3 fully saturated rings. The number of carbonyl (C=O) groups excluding carboxylic acids is 5. The van der Waals surface area contributed by atoms with Crippen molar-refractivity contribution in [2.45, 2.75) is 37.8 Å². The van der Waals surface area contributed by atoms with Crippen LogP contribution in [0.4, 0.5) is 10.5 Å². The van der Waals surface area contributed by atoms with Crippen LogP contribution >= 0.6 is 0 Å². The van der Waals surface area contributed by atoms with E-state index in [1.165, 1.54) is 0 Å². The van der Waals surface area contributed by atoms with Crippen LogP contribution in [0.1, 0.15) is 36.0 Å². The highest BCUT2D eigenvalue weighted by atomic mass is 16.6. The number of piperazine rings is 1. The molecule has 3 heterocycles. The van der Waals surface area contributed by atoms with E-state index in [1.54, 1.807) is 12.1 Å². The number of rotatable bonds is 6. The summed E-state index contributed by atoms with van der Waals surface area (Å²) >= 11 is 0. The van der Waals surface area contributed by atoms with Crippen LogP contribution in [0.15, 0.2) is 24.3 Å². The lowest BCUT2D eigenvalue weighted by atomic mass is 10.1. The Bertz CT molecular complexity index is 999. The lowest BCUT2D eigenvalue weighted by Gasteiger charge is -2.37. The number of carbonyl (C=O) groups is 5. The van der Waals surface area contributed by atoms with Gasteiger partial charge in [0.25, 0.3) is 5.91 Å². The second kappa shape index (κ2) is 11.4. The Balaban J connectivity index is 1.20. The Kier molecular flexibility index (Phi) is 8.04. The van der Waals surface area contributed by atoms with Crippen LogP contribution in [-0.4, -0.2) is 97.5 Å². The van der Waals surface area contributed by atoms with E-state index in [1.807, 2.05) is 17.0 Å². The topological polar surface area (TPSA) is 154 Å². The molecule has 194 valence electrons. The van der Waals surface area contributed by atoms with Gasteiger partial charge in [0.05, 0.1) is 6.54 Å². The molecule has 1 aromatic carbocycles. The number of anilines is 1. The zero-order valence-electron chi connectivity index (χ0n) is 20.1. The molecule has 12 heteroatoms. The van der Waals surface area contributed by atoms with Crippen molar-refractivity contribution in [3.05, 3.63) is 29.8 Å². The van der Waals surface area contributed by atoms with Crippen molar-refractivity contribution >= 4 is 35.4 Å². The minimum absolute atomic E-state index is 0.0763. The summed E-state index contributed by atoms with van der Waals surface area (Å²) in [6.07, 6.45) is 0.710. The minimum Gasteiger partial charge on any atom is -0.446 e. The van der Waals surface area contributed by atoms with Crippen LogP contribution in [0.3, 0.4) is 0 Å². The zero-order valence-corrected chi connectivity index (χ0v) is 20.1. The van der Waals surface area contributed by atoms with E-state index in [0.717, 1.165) is 31.9 Å². The largest absolute Gasteiger partial charge is 0.446 e. The summed E-state index contributed by atoms with van der Waals surface area (Å²) in [6.45, 7) is 4.46. The summed E-state index contributed by atoms with van der Waals surface area (Å²) in [5, 5.41) is 4.91. The molecule has 36 heavy (non-hydrogen) atoms. The number of hydrogen-bond acceptors (Lipinski definition) is 8. The highest BCUT2D eigenvalue weighted by Gasteiger charge is 2.29. The van der Waals surface area contributed by atoms with Gasteiger partial charge in [-0.15, -0.1) is 0 Å². The first kappa shape index (κ1) is 25.4. The number of likely N-dealkylation sites (tertiary alicyclic amines) is 1. The van der Waals surface area contributed by atoms with Gasteiger partial charge >= 0.3 is 6.09 Å². The van der Waals surface area contributed by atoms with Crippen molar-refractivity contribution in [1.82, 2.24) is 20.4 Å². The number of hydrogen-bond donors (Lipinski definition) is 3. The van der Waals surface area contributed by atoms with Crippen LogP contribution in [0.25, 0.3) is 0 Å². The maximum atomic E-state index is 12.7. The average Bonchev–Trinajstić information content (AvgIpc) is 2.86. The molecule has 0 spiro atoms. The quantitative estimate of drug-likeness (QED) is 0.439. The third kappa shape index (κ3) is 6.51. The molecular formula is C24H32N6O6. The molecule has 3 saturated heterocycles. The van der Waals surface area contributed by atoms with E-state index in [-0.39, 0.29) is 30.2 Å². The molecule has 0 aromatic heterocycles. The van der Waals surface area contributed by atoms with Crippen molar-refractivity contribution in [1.29, 1.82) is 0 Å². The number of nitrogens with two attached hydrogens (primary N) is 1. The predicted octanol–water partition coefficient (Wildman–Crippen LogP) is -0.570. The lowest BCUT2D eigenvalue weighted by molar-refractivity contribution is -0.135. The van der Waals surface area contributed by atoms with Crippen molar-refractivity contribution < 1.29 is 28.7 Å². The number of nitrogens with one attached hydrogen (secondary N) is 2. The van der Waals surface area contributed by atoms with Gasteiger partial charge < -0.3 is 25.6 Å². The molecule has 4 N–H and O–H groups in total. The standard InChI is InChI=1S/C24H32N6O6/c25-24(35)36-18-7-9-30(10-8-18)21(32)15-28-11-13-29(14-12-28)17-3-1-16(2-4-17)22(33)26-19-5-6-20(31)27-23(19)34/h1-4,18-19H,5-15H2,(H2,25,35)(H,26,33)(H,27,31,34). The molecule has 1 unspecified atom stereocenters. The van der Waals surface area contributed by atoms with Gasteiger partial charge in [-0.25, -0.2) is 4.79 Å². The zero-order chi connectivity index (χ0) is 25.7. The highest BCUT2D eigenvalue weighted by Crippen LogP contribution is 2.19. The van der Waals surface area contributed by atoms with Gasteiger partial charge in [-0.1, -0.05) is 0 Å². The van der Waals surface area contributed by atoms with Crippen molar-refractivity contribution in [3.63, 3.8) is 0 Å². The Hall–Kier alpha value is -3.67. The van der Waals surface area contributed by atoms with Crippen LogP contribution in [0.2, 0.25) is 0 Å². The molecule has 3 aliphatic heterocycles. The van der Waals surface area contributed by atoms with Gasteiger partial charge in [0.15, 0.2) is 0 Å². The fourth-order valence-electron chi connectivity index (χ4n) is 4.74. The molecule has 0 radical (unpaired) electrons. The lowest BCUT2D eigenvalue weighted by Crippen LogP contribution is -2.52. The Morgan fingerprint density at radius 1 is 0.972 bits per heavy atom.